The maximum Gasteiger partial charge on any atom is 0.295 e. The molecular weight excluding hydrogens is 396 g/mol. The average Bonchev–Trinajstić information content (AvgIpc) is 3.02. The Morgan fingerprint density at radius 3 is 2.48 bits per heavy atom. The summed E-state index contributed by atoms with van der Waals surface area (Å²) in [6.07, 6.45) is 0. The number of methoxy groups -OCH3 is 1. The van der Waals surface area contributed by atoms with Gasteiger partial charge in [0.1, 0.15) is 17.3 Å². The van der Waals surface area contributed by atoms with Gasteiger partial charge in [0, 0.05) is 18.7 Å². The molecule has 31 heavy (non-hydrogen) atoms. The largest absolute Gasteiger partial charge is 0.507 e. The molecule has 1 heterocycles. The van der Waals surface area contributed by atoms with Crippen molar-refractivity contribution in [3.8, 4) is 11.5 Å². The number of benzene rings is 2. The van der Waals surface area contributed by atoms with Gasteiger partial charge in [-0.25, -0.2) is 0 Å². The summed E-state index contributed by atoms with van der Waals surface area (Å²) in [6.45, 7) is 3.30. The van der Waals surface area contributed by atoms with Gasteiger partial charge >= 0.3 is 0 Å². The lowest BCUT2D eigenvalue weighted by atomic mass is 9.95. The van der Waals surface area contributed by atoms with Gasteiger partial charge in [0.25, 0.3) is 11.7 Å². The Morgan fingerprint density at radius 1 is 1.10 bits per heavy atom. The number of nitrogens with zero attached hydrogens (tertiary/aromatic N) is 2. The normalized spacial score (nSPS) is 18.0. The third kappa shape index (κ3) is 4.72. The van der Waals surface area contributed by atoms with Crippen LogP contribution < -0.4 is 9.47 Å². The third-order valence-electron chi connectivity index (χ3n) is 5.16. The maximum absolute atomic E-state index is 13.0. The molecule has 1 saturated heterocycles. The maximum atomic E-state index is 13.0. The number of aliphatic hydroxyl groups excluding tert-OH is 1. The highest BCUT2D eigenvalue weighted by Crippen LogP contribution is 2.40. The number of carbonyl (C=O) groups is 2. The molecule has 0 saturated carbocycles. The van der Waals surface area contributed by atoms with Gasteiger partial charge in [0.15, 0.2) is 0 Å². The molecule has 0 aliphatic carbocycles. The fourth-order valence-electron chi connectivity index (χ4n) is 3.63. The number of ether oxygens (including phenoxy) is 2. The van der Waals surface area contributed by atoms with Crippen LogP contribution in [0.25, 0.3) is 5.76 Å². The van der Waals surface area contributed by atoms with E-state index in [1.54, 1.807) is 24.3 Å². The zero-order valence-electron chi connectivity index (χ0n) is 18.3. The van der Waals surface area contributed by atoms with Crippen molar-refractivity contribution >= 4 is 17.4 Å². The van der Waals surface area contributed by atoms with Crippen LogP contribution >= 0.6 is 0 Å². The van der Waals surface area contributed by atoms with Crippen LogP contribution in [0.3, 0.4) is 0 Å². The molecule has 2 aromatic carbocycles. The fourth-order valence-corrected chi connectivity index (χ4v) is 3.63. The first-order valence-corrected chi connectivity index (χ1v) is 10.2. The molecule has 7 nitrogen and oxygen atoms in total. The van der Waals surface area contributed by atoms with Gasteiger partial charge in [-0.1, -0.05) is 24.3 Å². The van der Waals surface area contributed by atoms with Crippen molar-refractivity contribution in [1.82, 2.24) is 9.80 Å². The zero-order chi connectivity index (χ0) is 22.5. The minimum Gasteiger partial charge on any atom is -0.507 e. The van der Waals surface area contributed by atoms with Crippen molar-refractivity contribution in [3.05, 3.63) is 65.2 Å². The highest BCUT2D eigenvalue weighted by molar-refractivity contribution is 6.46. The number of amides is 1. The van der Waals surface area contributed by atoms with Crippen molar-refractivity contribution < 1.29 is 24.2 Å². The Bertz CT molecular complexity index is 999. The molecule has 1 unspecified atom stereocenters. The molecule has 164 valence electrons. The minimum atomic E-state index is -0.716. The first-order valence-electron chi connectivity index (χ1n) is 10.2. The Morgan fingerprint density at radius 2 is 1.81 bits per heavy atom. The Balaban J connectivity index is 2.15. The topological polar surface area (TPSA) is 79.3 Å². The van der Waals surface area contributed by atoms with Crippen molar-refractivity contribution in [3.63, 3.8) is 0 Å². The number of likely N-dealkylation sites (N-methyl/N-ethyl adjacent to an activating group) is 1. The molecule has 7 heteroatoms. The summed E-state index contributed by atoms with van der Waals surface area (Å²) in [5, 5.41) is 11.1. The number of ketones is 1. The summed E-state index contributed by atoms with van der Waals surface area (Å²) >= 11 is 0. The van der Waals surface area contributed by atoms with E-state index >= 15 is 0 Å². The summed E-state index contributed by atoms with van der Waals surface area (Å²) in [7, 11) is 5.33. The molecule has 1 amide bonds. The molecule has 3 rings (SSSR count). The first kappa shape index (κ1) is 22.4. The molecule has 2 aromatic rings. The van der Waals surface area contributed by atoms with Crippen LogP contribution in [0.1, 0.15) is 24.1 Å². The zero-order valence-corrected chi connectivity index (χ0v) is 18.3. The molecule has 0 spiro atoms. The number of hydrogen-bond donors (Lipinski definition) is 1. The van der Waals surface area contributed by atoms with E-state index in [9.17, 15) is 14.7 Å². The number of Topliss-reactive ketones (excluding diaryl/α,β-unsaturated/α-hetero) is 1. The van der Waals surface area contributed by atoms with Crippen LogP contribution in [0.5, 0.6) is 11.5 Å². The van der Waals surface area contributed by atoms with Crippen molar-refractivity contribution in [2.75, 3.05) is 40.9 Å². The molecule has 1 N–H and O–H groups in total. The average molecular weight is 424 g/mol. The summed E-state index contributed by atoms with van der Waals surface area (Å²) in [5.74, 6) is -0.374. The smallest absolute Gasteiger partial charge is 0.295 e. The SMILES string of the molecule is CCOc1cccc(C2/C(=C(/O)c3cccc(OC)c3)C(=O)C(=O)N2CCN(C)C)c1. The standard InChI is InChI=1S/C24H28N2O5/c1-5-31-19-11-6-8-16(14-19)21-20(22(27)17-9-7-10-18(15-17)30-4)23(28)24(29)26(21)13-12-25(2)3/h6-11,14-15,21,27H,5,12-13H2,1-4H3/b22-20-. The number of likely N-dealkylation sites (tertiary alicyclic amines) is 1. The van der Waals surface area contributed by atoms with Crippen LogP contribution in [0.4, 0.5) is 0 Å². The predicted molar refractivity (Wildman–Crippen MR) is 118 cm³/mol. The third-order valence-corrected chi connectivity index (χ3v) is 5.16. The van der Waals surface area contributed by atoms with E-state index in [0.717, 1.165) is 0 Å². The van der Waals surface area contributed by atoms with Gasteiger partial charge < -0.3 is 24.4 Å². The molecule has 1 aliphatic rings. The second-order valence-corrected chi connectivity index (χ2v) is 7.53. The van der Waals surface area contributed by atoms with Gasteiger partial charge in [-0.2, -0.15) is 0 Å². The van der Waals surface area contributed by atoms with Crippen LogP contribution in [-0.2, 0) is 9.59 Å². The lowest BCUT2D eigenvalue weighted by Crippen LogP contribution is -2.35. The molecule has 1 fully saturated rings. The predicted octanol–water partition coefficient (Wildman–Crippen LogP) is 3.08. The Labute approximate surface area is 182 Å². The summed E-state index contributed by atoms with van der Waals surface area (Å²) in [4.78, 5) is 29.4. The van der Waals surface area contributed by atoms with Gasteiger partial charge in [0.05, 0.1) is 25.3 Å². The van der Waals surface area contributed by atoms with E-state index in [4.69, 9.17) is 9.47 Å². The van der Waals surface area contributed by atoms with E-state index in [-0.39, 0.29) is 11.3 Å². The van der Waals surface area contributed by atoms with E-state index in [1.165, 1.54) is 12.0 Å². The van der Waals surface area contributed by atoms with Crippen LogP contribution in [0.15, 0.2) is 54.1 Å². The summed E-state index contributed by atoms with van der Waals surface area (Å²) in [5.41, 5.74) is 1.18. The molecule has 0 aromatic heterocycles. The molecule has 0 radical (unpaired) electrons. The van der Waals surface area contributed by atoms with E-state index in [0.29, 0.717) is 42.3 Å². The van der Waals surface area contributed by atoms with E-state index in [2.05, 4.69) is 0 Å². The highest BCUT2D eigenvalue weighted by atomic mass is 16.5. The van der Waals surface area contributed by atoms with Crippen LogP contribution in [0, 0.1) is 0 Å². The van der Waals surface area contributed by atoms with Gasteiger partial charge in [0.2, 0.25) is 0 Å². The highest BCUT2D eigenvalue weighted by Gasteiger charge is 2.46. The lowest BCUT2D eigenvalue weighted by Gasteiger charge is -2.27. The molecule has 0 bridgehead atoms. The number of carbonyl (C=O) groups excluding carboxylic acids is 2. The summed E-state index contributed by atoms with van der Waals surface area (Å²) in [6, 6.07) is 13.3. The second-order valence-electron chi connectivity index (χ2n) is 7.53. The van der Waals surface area contributed by atoms with Gasteiger partial charge in [-0.3, -0.25) is 9.59 Å². The monoisotopic (exact) mass is 424 g/mol. The number of rotatable bonds is 8. The summed E-state index contributed by atoms with van der Waals surface area (Å²) < 4.78 is 10.8. The van der Waals surface area contributed by atoms with Crippen molar-refractivity contribution in [2.24, 2.45) is 0 Å². The van der Waals surface area contributed by atoms with Crippen molar-refractivity contribution in [1.29, 1.82) is 0 Å². The van der Waals surface area contributed by atoms with Gasteiger partial charge in [-0.15, -0.1) is 0 Å². The van der Waals surface area contributed by atoms with Gasteiger partial charge in [-0.05, 0) is 50.8 Å². The second kappa shape index (κ2) is 9.66. The molecule has 1 atom stereocenters. The molecular formula is C24H28N2O5. The lowest BCUT2D eigenvalue weighted by molar-refractivity contribution is -0.140. The fraction of sp³-hybridized carbons (Fsp3) is 0.333. The molecule has 1 aliphatic heterocycles. The minimum absolute atomic E-state index is 0.0608. The number of aliphatic hydroxyl groups is 1. The van der Waals surface area contributed by atoms with Crippen molar-refractivity contribution in [2.45, 2.75) is 13.0 Å². The quantitative estimate of drug-likeness (QED) is 0.399. The van der Waals surface area contributed by atoms with Crippen LogP contribution in [0.2, 0.25) is 0 Å². The van der Waals surface area contributed by atoms with E-state index in [1.807, 2.05) is 50.2 Å². The van der Waals surface area contributed by atoms with E-state index < -0.39 is 17.7 Å². The Hall–Kier alpha value is -3.32. The first-order chi connectivity index (χ1) is 14.9. The number of hydrogen-bond acceptors (Lipinski definition) is 6. The Kier molecular flexibility index (Phi) is 6.97. The van der Waals surface area contributed by atoms with Crippen LogP contribution in [-0.4, -0.2) is 67.5 Å².